The van der Waals surface area contributed by atoms with Gasteiger partial charge in [-0.15, -0.1) is 0 Å². The van der Waals surface area contributed by atoms with E-state index < -0.39 is 5.60 Å². The molecule has 1 aliphatic rings. The third kappa shape index (κ3) is 5.28. The average molecular weight is 500 g/mol. The Hall–Kier alpha value is -2.44. The molecule has 0 spiro atoms. The monoisotopic (exact) mass is 499 g/mol. The molecule has 1 unspecified atom stereocenters. The Morgan fingerprint density at radius 1 is 1.06 bits per heavy atom. The standard InChI is InChI=1S/C27H28Cl2FN3O/c1-33(2)13-3-12-27(21-6-8-22(30)9-7-21)23-10-5-19(15-20(23)17-34-27)26(31)32-16-18-4-11-24(28)25(29)14-18/h4-11,14-15H,3,12-13,16-17H2,1-2H3,(H2,31,32). The summed E-state index contributed by atoms with van der Waals surface area (Å²) in [5, 5.41) is 1.00. The van der Waals surface area contributed by atoms with Gasteiger partial charge in [0.25, 0.3) is 0 Å². The first kappa shape index (κ1) is 24.7. The van der Waals surface area contributed by atoms with Crippen molar-refractivity contribution in [2.45, 2.75) is 31.6 Å². The van der Waals surface area contributed by atoms with Gasteiger partial charge < -0.3 is 15.4 Å². The maximum absolute atomic E-state index is 13.6. The van der Waals surface area contributed by atoms with Gasteiger partial charge in [0, 0.05) is 5.56 Å². The number of nitrogens with two attached hydrogens (primary N) is 1. The lowest BCUT2D eigenvalue weighted by Gasteiger charge is -2.31. The number of amidine groups is 1. The summed E-state index contributed by atoms with van der Waals surface area (Å²) in [7, 11) is 4.11. The summed E-state index contributed by atoms with van der Waals surface area (Å²) in [5.74, 6) is 0.187. The minimum absolute atomic E-state index is 0.258. The molecule has 4 rings (SSSR count). The topological polar surface area (TPSA) is 50.9 Å². The van der Waals surface area contributed by atoms with Gasteiger partial charge in [0.05, 0.1) is 23.2 Å². The second-order valence-electron chi connectivity index (χ2n) is 8.85. The highest BCUT2D eigenvalue weighted by Crippen LogP contribution is 2.45. The summed E-state index contributed by atoms with van der Waals surface area (Å²) in [4.78, 5) is 6.69. The quantitative estimate of drug-likeness (QED) is 0.298. The van der Waals surface area contributed by atoms with Gasteiger partial charge in [-0.25, -0.2) is 4.39 Å². The summed E-state index contributed by atoms with van der Waals surface area (Å²) < 4.78 is 20.1. The van der Waals surface area contributed by atoms with Gasteiger partial charge >= 0.3 is 0 Å². The normalized spacial score (nSPS) is 17.9. The fourth-order valence-electron chi connectivity index (χ4n) is 4.40. The minimum Gasteiger partial charge on any atom is -0.383 e. The molecule has 4 nitrogen and oxygen atoms in total. The van der Waals surface area contributed by atoms with Crippen LogP contribution in [-0.2, 0) is 23.5 Å². The molecule has 0 saturated carbocycles. The van der Waals surface area contributed by atoms with Crippen molar-refractivity contribution in [3.05, 3.63) is 104 Å². The molecule has 1 atom stereocenters. The maximum atomic E-state index is 13.6. The van der Waals surface area contributed by atoms with E-state index in [2.05, 4.69) is 30.1 Å². The van der Waals surface area contributed by atoms with Crippen molar-refractivity contribution in [2.75, 3.05) is 20.6 Å². The third-order valence-electron chi connectivity index (χ3n) is 6.17. The molecule has 0 fully saturated rings. The van der Waals surface area contributed by atoms with E-state index in [-0.39, 0.29) is 5.82 Å². The first-order valence-corrected chi connectivity index (χ1v) is 12.0. The Kier molecular flexibility index (Phi) is 7.58. The largest absolute Gasteiger partial charge is 0.383 e. The van der Waals surface area contributed by atoms with Gasteiger partial charge in [-0.3, -0.25) is 4.99 Å². The predicted octanol–water partition coefficient (Wildman–Crippen LogP) is 6.15. The van der Waals surface area contributed by atoms with Gasteiger partial charge in [0.1, 0.15) is 17.3 Å². The van der Waals surface area contributed by atoms with Crippen LogP contribution in [0.2, 0.25) is 10.0 Å². The van der Waals surface area contributed by atoms with Crippen LogP contribution in [0.5, 0.6) is 0 Å². The number of ether oxygens (including phenoxy) is 1. The number of hydrogen-bond donors (Lipinski definition) is 1. The minimum atomic E-state index is -0.608. The number of aliphatic imine (C=N–C) groups is 1. The highest BCUT2D eigenvalue weighted by atomic mass is 35.5. The van der Waals surface area contributed by atoms with Crippen molar-refractivity contribution in [3.8, 4) is 0 Å². The van der Waals surface area contributed by atoms with Crippen LogP contribution in [0.1, 0.15) is 40.7 Å². The van der Waals surface area contributed by atoms with E-state index in [1.165, 1.54) is 12.1 Å². The van der Waals surface area contributed by atoms with E-state index in [1.807, 2.05) is 30.3 Å². The molecule has 0 saturated heterocycles. The van der Waals surface area contributed by atoms with Crippen LogP contribution in [0, 0.1) is 5.82 Å². The Morgan fingerprint density at radius 3 is 2.53 bits per heavy atom. The summed E-state index contributed by atoms with van der Waals surface area (Å²) in [5.41, 5.74) is 10.6. The van der Waals surface area contributed by atoms with Crippen molar-refractivity contribution >= 4 is 29.0 Å². The lowest BCUT2D eigenvalue weighted by molar-refractivity contribution is -0.0140. The fraction of sp³-hybridized carbons (Fsp3) is 0.296. The van der Waals surface area contributed by atoms with Crippen molar-refractivity contribution in [1.29, 1.82) is 0 Å². The van der Waals surface area contributed by atoms with Crippen LogP contribution in [0.4, 0.5) is 4.39 Å². The van der Waals surface area contributed by atoms with E-state index in [4.69, 9.17) is 33.7 Å². The Labute approximate surface area is 210 Å². The summed E-state index contributed by atoms with van der Waals surface area (Å²) >= 11 is 12.1. The molecule has 178 valence electrons. The molecule has 3 aromatic carbocycles. The van der Waals surface area contributed by atoms with Crippen molar-refractivity contribution < 1.29 is 9.13 Å². The molecule has 3 aromatic rings. The zero-order valence-electron chi connectivity index (χ0n) is 19.3. The molecule has 2 N–H and O–H groups in total. The summed E-state index contributed by atoms with van der Waals surface area (Å²) in [6.45, 7) is 1.80. The highest BCUT2D eigenvalue weighted by molar-refractivity contribution is 6.42. The second kappa shape index (κ2) is 10.4. The summed E-state index contributed by atoms with van der Waals surface area (Å²) in [6.07, 6.45) is 1.74. The van der Waals surface area contributed by atoms with Gasteiger partial charge in [0.15, 0.2) is 0 Å². The maximum Gasteiger partial charge on any atom is 0.125 e. The van der Waals surface area contributed by atoms with E-state index in [1.54, 1.807) is 12.1 Å². The number of rotatable bonds is 8. The number of halogens is 3. The molecule has 0 amide bonds. The Morgan fingerprint density at radius 2 is 1.82 bits per heavy atom. The molecular formula is C27H28Cl2FN3O. The molecular weight excluding hydrogens is 472 g/mol. The molecule has 0 aliphatic carbocycles. The van der Waals surface area contributed by atoms with Crippen LogP contribution in [-0.4, -0.2) is 31.4 Å². The summed E-state index contributed by atoms with van der Waals surface area (Å²) in [6, 6.07) is 18.1. The van der Waals surface area contributed by atoms with Crippen LogP contribution in [0.3, 0.4) is 0 Å². The average Bonchev–Trinajstić information content (AvgIpc) is 3.18. The molecule has 34 heavy (non-hydrogen) atoms. The molecule has 1 aliphatic heterocycles. The lowest BCUT2D eigenvalue weighted by atomic mass is 9.81. The van der Waals surface area contributed by atoms with E-state index in [0.29, 0.717) is 29.0 Å². The molecule has 1 heterocycles. The first-order chi connectivity index (χ1) is 16.3. The van der Waals surface area contributed by atoms with Gasteiger partial charge in [-0.2, -0.15) is 0 Å². The van der Waals surface area contributed by atoms with Crippen LogP contribution >= 0.6 is 23.2 Å². The first-order valence-electron chi connectivity index (χ1n) is 11.2. The molecule has 7 heteroatoms. The van der Waals surface area contributed by atoms with Gasteiger partial charge in [-0.1, -0.05) is 53.5 Å². The number of nitrogens with zero attached hydrogens (tertiary/aromatic N) is 2. The number of benzene rings is 3. The van der Waals surface area contributed by atoms with E-state index in [9.17, 15) is 4.39 Å². The number of hydrogen-bond acceptors (Lipinski definition) is 3. The molecule has 0 aromatic heterocycles. The lowest BCUT2D eigenvalue weighted by Crippen LogP contribution is -2.28. The number of fused-ring (bicyclic) bond motifs is 1. The fourth-order valence-corrected chi connectivity index (χ4v) is 4.72. The highest BCUT2D eigenvalue weighted by Gasteiger charge is 2.41. The Balaban J connectivity index is 1.61. The Bertz CT molecular complexity index is 1200. The van der Waals surface area contributed by atoms with Gasteiger partial charge in [-0.05, 0) is 86.1 Å². The van der Waals surface area contributed by atoms with Crippen molar-refractivity contribution in [3.63, 3.8) is 0 Å². The molecule has 0 radical (unpaired) electrons. The van der Waals surface area contributed by atoms with Crippen molar-refractivity contribution in [2.24, 2.45) is 10.7 Å². The molecule has 0 bridgehead atoms. The second-order valence-corrected chi connectivity index (χ2v) is 9.67. The van der Waals surface area contributed by atoms with Crippen LogP contribution in [0.25, 0.3) is 0 Å². The smallest absolute Gasteiger partial charge is 0.125 e. The van der Waals surface area contributed by atoms with E-state index in [0.717, 1.165) is 47.2 Å². The van der Waals surface area contributed by atoms with Crippen LogP contribution in [0.15, 0.2) is 65.7 Å². The zero-order chi connectivity index (χ0) is 24.3. The zero-order valence-corrected chi connectivity index (χ0v) is 20.8. The predicted molar refractivity (Wildman–Crippen MR) is 137 cm³/mol. The van der Waals surface area contributed by atoms with Crippen molar-refractivity contribution in [1.82, 2.24) is 4.90 Å². The van der Waals surface area contributed by atoms with Crippen LogP contribution < -0.4 is 5.73 Å². The van der Waals surface area contributed by atoms with Gasteiger partial charge in [0.2, 0.25) is 0 Å². The SMILES string of the molecule is CN(C)CCCC1(c2ccc(F)cc2)OCc2cc(C(N)=NCc3ccc(Cl)c(Cl)c3)ccc21. The van der Waals surface area contributed by atoms with E-state index >= 15 is 0 Å². The third-order valence-corrected chi connectivity index (χ3v) is 6.91.